The molecule has 0 spiro atoms. The fourth-order valence-corrected chi connectivity index (χ4v) is 2.86. The van der Waals surface area contributed by atoms with Gasteiger partial charge in [0.15, 0.2) is 5.96 Å². The van der Waals surface area contributed by atoms with Crippen LogP contribution in [-0.4, -0.2) is 38.0 Å². The summed E-state index contributed by atoms with van der Waals surface area (Å²) in [6.07, 6.45) is 9.62. The lowest BCUT2D eigenvalue weighted by atomic mass is 10.0. The van der Waals surface area contributed by atoms with Gasteiger partial charge in [-0.3, -0.25) is 9.79 Å². The number of hydrogen-bond acceptors (Lipinski definition) is 2. The summed E-state index contributed by atoms with van der Waals surface area (Å²) in [5, 5.41) is 9.49. The van der Waals surface area contributed by atoms with Crippen LogP contribution in [0.3, 0.4) is 0 Å². The quantitative estimate of drug-likeness (QED) is 0.224. The van der Waals surface area contributed by atoms with Crippen molar-refractivity contribution in [2.75, 3.05) is 20.1 Å². The standard InChI is InChI=1S/C17H34N4O.HI/c1-4-14(2)21-16(22)11-13-20-17(18-3)19-12-7-10-15-8-5-6-9-15;/h14-15H,4-13H2,1-3H3,(H,21,22)(H2,18,19,20);1H. The number of nitrogens with zero attached hydrogens (tertiary/aromatic N) is 1. The number of aliphatic imine (C=N–C) groups is 1. The minimum atomic E-state index is 0. The third-order valence-electron chi connectivity index (χ3n) is 4.44. The summed E-state index contributed by atoms with van der Waals surface area (Å²) >= 11 is 0. The molecule has 1 aliphatic rings. The Morgan fingerprint density at radius 3 is 2.48 bits per heavy atom. The van der Waals surface area contributed by atoms with E-state index in [0.29, 0.717) is 13.0 Å². The van der Waals surface area contributed by atoms with Crippen molar-refractivity contribution in [1.29, 1.82) is 0 Å². The number of halogens is 1. The van der Waals surface area contributed by atoms with Gasteiger partial charge >= 0.3 is 0 Å². The summed E-state index contributed by atoms with van der Waals surface area (Å²) in [5.41, 5.74) is 0. The summed E-state index contributed by atoms with van der Waals surface area (Å²) in [7, 11) is 1.77. The molecule has 1 rings (SSSR count). The summed E-state index contributed by atoms with van der Waals surface area (Å²) in [4.78, 5) is 15.9. The molecule has 1 unspecified atom stereocenters. The van der Waals surface area contributed by atoms with Crippen molar-refractivity contribution < 1.29 is 4.79 Å². The van der Waals surface area contributed by atoms with Gasteiger partial charge in [0.25, 0.3) is 0 Å². The van der Waals surface area contributed by atoms with E-state index in [2.05, 4.69) is 27.9 Å². The average molecular weight is 438 g/mol. The predicted octanol–water partition coefficient (Wildman–Crippen LogP) is 3.04. The Kier molecular flexibility index (Phi) is 13.5. The monoisotopic (exact) mass is 438 g/mol. The van der Waals surface area contributed by atoms with Gasteiger partial charge in [-0.05, 0) is 32.1 Å². The van der Waals surface area contributed by atoms with Crippen LogP contribution in [0.5, 0.6) is 0 Å². The number of carbonyl (C=O) groups excluding carboxylic acids is 1. The van der Waals surface area contributed by atoms with Crippen LogP contribution < -0.4 is 16.0 Å². The highest BCUT2D eigenvalue weighted by molar-refractivity contribution is 14.0. The van der Waals surface area contributed by atoms with Crippen LogP contribution in [0.25, 0.3) is 0 Å². The molecule has 0 aromatic rings. The number of nitrogens with one attached hydrogen (secondary N) is 3. The lowest BCUT2D eigenvalue weighted by Gasteiger charge is -2.14. The normalized spacial score (nSPS) is 16.6. The van der Waals surface area contributed by atoms with Gasteiger partial charge < -0.3 is 16.0 Å². The Morgan fingerprint density at radius 2 is 1.87 bits per heavy atom. The number of carbonyl (C=O) groups is 1. The van der Waals surface area contributed by atoms with Gasteiger partial charge in [-0.25, -0.2) is 0 Å². The van der Waals surface area contributed by atoms with E-state index in [0.717, 1.165) is 24.8 Å². The third kappa shape index (κ3) is 10.8. The van der Waals surface area contributed by atoms with E-state index in [4.69, 9.17) is 0 Å². The zero-order valence-corrected chi connectivity index (χ0v) is 17.3. The molecule has 1 saturated carbocycles. The van der Waals surface area contributed by atoms with Crippen LogP contribution in [0.1, 0.15) is 65.2 Å². The van der Waals surface area contributed by atoms with Crippen molar-refractivity contribution in [2.24, 2.45) is 10.9 Å². The maximum Gasteiger partial charge on any atom is 0.221 e. The van der Waals surface area contributed by atoms with E-state index in [1.54, 1.807) is 7.05 Å². The fourth-order valence-electron chi connectivity index (χ4n) is 2.86. The summed E-state index contributed by atoms with van der Waals surface area (Å²) in [5.74, 6) is 1.84. The van der Waals surface area contributed by atoms with Gasteiger partial charge in [0.2, 0.25) is 5.91 Å². The molecule has 3 N–H and O–H groups in total. The first-order chi connectivity index (χ1) is 10.7. The Labute approximate surface area is 158 Å². The minimum absolute atomic E-state index is 0. The van der Waals surface area contributed by atoms with Crippen LogP contribution in [0.15, 0.2) is 4.99 Å². The summed E-state index contributed by atoms with van der Waals surface area (Å²) < 4.78 is 0. The van der Waals surface area contributed by atoms with Gasteiger partial charge in [0.1, 0.15) is 0 Å². The maximum atomic E-state index is 11.7. The molecule has 0 saturated heterocycles. The first-order valence-electron chi connectivity index (χ1n) is 8.89. The lowest BCUT2D eigenvalue weighted by molar-refractivity contribution is -0.121. The van der Waals surface area contributed by atoms with Crippen molar-refractivity contribution in [3.63, 3.8) is 0 Å². The van der Waals surface area contributed by atoms with Crippen LogP contribution >= 0.6 is 24.0 Å². The average Bonchev–Trinajstić information content (AvgIpc) is 3.02. The molecule has 6 heteroatoms. The molecular weight excluding hydrogens is 403 g/mol. The Balaban J connectivity index is 0.00000484. The summed E-state index contributed by atoms with van der Waals surface area (Å²) in [6.45, 7) is 5.66. The van der Waals surface area contributed by atoms with Crippen molar-refractivity contribution in [2.45, 2.75) is 71.3 Å². The van der Waals surface area contributed by atoms with Gasteiger partial charge in [-0.1, -0.05) is 32.6 Å². The molecule has 0 bridgehead atoms. The number of rotatable bonds is 9. The van der Waals surface area contributed by atoms with E-state index in [1.165, 1.54) is 38.5 Å². The van der Waals surface area contributed by atoms with E-state index in [9.17, 15) is 4.79 Å². The zero-order chi connectivity index (χ0) is 16.2. The largest absolute Gasteiger partial charge is 0.356 e. The Hall–Kier alpha value is -0.530. The van der Waals surface area contributed by atoms with Crippen molar-refractivity contribution in [1.82, 2.24) is 16.0 Å². The molecule has 5 nitrogen and oxygen atoms in total. The van der Waals surface area contributed by atoms with E-state index >= 15 is 0 Å². The molecule has 0 aromatic heterocycles. The van der Waals surface area contributed by atoms with Gasteiger partial charge in [0.05, 0.1) is 0 Å². The molecular formula is C17H35IN4O. The highest BCUT2D eigenvalue weighted by Crippen LogP contribution is 2.28. The molecule has 0 aliphatic heterocycles. The van der Waals surface area contributed by atoms with Crippen LogP contribution in [0.2, 0.25) is 0 Å². The van der Waals surface area contributed by atoms with Crippen LogP contribution in [-0.2, 0) is 4.79 Å². The first-order valence-corrected chi connectivity index (χ1v) is 8.89. The molecule has 0 radical (unpaired) electrons. The number of guanidine groups is 1. The van der Waals surface area contributed by atoms with Gasteiger partial charge in [-0.15, -0.1) is 24.0 Å². The minimum Gasteiger partial charge on any atom is -0.356 e. The molecule has 0 aromatic carbocycles. The van der Waals surface area contributed by atoms with Crippen molar-refractivity contribution in [3.05, 3.63) is 0 Å². The molecule has 1 amide bonds. The van der Waals surface area contributed by atoms with Crippen molar-refractivity contribution in [3.8, 4) is 0 Å². The SMILES string of the molecule is CCC(C)NC(=O)CCNC(=NC)NCCCC1CCCC1.I. The number of amides is 1. The first kappa shape index (κ1) is 22.5. The van der Waals surface area contributed by atoms with E-state index < -0.39 is 0 Å². The molecule has 136 valence electrons. The second kappa shape index (κ2) is 13.9. The van der Waals surface area contributed by atoms with Gasteiger partial charge in [-0.2, -0.15) is 0 Å². The second-order valence-corrected chi connectivity index (χ2v) is 6.35. The number of hydrogen-bond donors (Lipinski definition) is 3. The molecule has 23 heavy (non-hydrogen) atoms. The lowest BCUT2D eigenvalue weighted by Crippen LogP contribution is -2.40. The third-order valence-corrected chi connectivity index (χ3v) is 4.44. The molecule has 1 fully saturated rings. The summed E-state index contributed by atoms with van der Waals surface area (Å²) in [6, 6.07) is 0.250. The maximum absolute atomic E-state index is 11.7. The second-order valence-electron chi connectivity index (χ2n) is 6.35. The highest BCUT2D eigenvalue weighted by Gasteiger charge is 2.14. The Bertz CT molecular complexity index is 343. The zero-order valence-electron chi connectivity index (χ0n) is 15.0. The molecule has 1 aliphatic carbocycles. The Morgan fingerprint density at radius 1 is 1.22 bits per heavy atom. The topological polar surface area (TPSA) is 65.5 Å². The van der Waals surface area contributed by atoms with E-state index in [1.807, 2.05) is 6.92 Å². The fraction of sp³-hybridized carbons (Fsp3) is 0.882. The smallest absolute Gasteiger partial charge is 0.221 e. The molecule has 1 atom stereocenters. The van der Waals surface area contributed by atoms with E-state index in [-0.39, 0.29) is 35.9 Å². The highest BCUT2D eigenvalue weighted by atomic mass is 127. The van der Waals surface area contributed by atoms with Gasteiger partial charge in [0, 0.05) is 32.6 Å². The predicted molar refractivity (Wildman–Crippen MR) is 108 cm³/mol. The van der Waals surface area contributed by atoms with Crippen LogP contribution in [0, 0.1) is 5.92 Å². The van der Waals surface area contributed by atoms with Crippen molar-refractivity contribution >= 4 is 35.8 Å². The van der Waals surface area contributed by atoms with Crippen LogP contribution in [0.4, 0.5) is 0 Å². The molecule has 0 heterocycles.